The zero-order valence-electron chi connectivity index (χ0n) is 19.2. The molecule has 4 aliphatic carbocycles. The van der Waals surface area contributed by atoms with Crippen LogP contribution in [0.2, 0.25) is 0 Å². The Labute approximate surface area is 195 Å². The Bertz CT molecular complexity index is 971. The molecule has 1 aromatic rings. The number of hydrogen-bond donors (Lipinski definition) is 2. The third-order valence-corrected chi connectivity index (χ3v) is 7.54. The van der Waals surface area contributed by atoms with Crippen molar-refractivity contribution in [2.75, 3.05) is 13.3 Å². The van der Waals surface area contributed by atoms with E-state index < -0.39 is 41.5 Å². The minimum atomic E-state index is -4.83. The zero-order valence-corrected chi connectivity index (χ0v) is 19.2. The number of alkyl halides is 4. The summed E-state index contributed by atoms with van der Waals surface area (Å²) in [4.78, 5) is 24.1. The molecular weight excluding hydrogens is 456 g/mol. The summed E-state index contributed by atoms with van der Waals surface area (Å²) in [6, 6.07) is -0.254. The molecule has 5 rings (SSSR count). The predicted octanol–water partition coefficient (Wildman–Crippen LogP) is 4.39. The summed E-state index contributed by atoms with van der Waals surface area (Å²) in [6.07, 6.45) is 1.75. The van der Waals surface area contributed by atoms with Crippen molar-refractivity contribution in [1.29, 1.82) is 0 Å². The molecule has 188 valence electrons. The van der Waals surface area contributed by atoms with Crippen LogP contribution in [0, 0.1) is 28.6 Å². The number of aromatic nitrogens is 2. The molecule has 4 aliphatic rings. The van der Waals surface area contributed by atoms with Gasteiger partial charge in [-0.1, -0.05) is 19.9 Å². The summed E-state index contributed by atoms with van der Waals surface area (Å²) in [5.41, 5.74) is 2.25. The van der Waals surface area contributed by atoms with Crippen molar-refractivity contribution in [3.8, 4) is 0 Å². The van der Waals surface area contributed by atoms with E-state index in [9.17, 15) is 27.2 Å². The maximum atomic E-state index is 13.9. The number of nitrogens with two attached hydrogens (primary N) is 1. The summed E-state index contributed by atoms with van der Waals surface area (Å²) >= 11 is 0. The number of nitrogens with zero attached hydrogens (tertiary/aromatic N) is 2. The van der Waals surface area contributed by atoms with Gasteiger partial charge in [0, 0.05) is 23.1 Å². The van der Waals surface area contributed by atoms with Gasteiger partial charge in [0.25, 0.3) is 5.91 Å². The molecule has 0 aromatic carbocycles. The Morgan fingerprint density at radius 3 is 2.47 bits per heavy atom. The average molecular weight is 487 g/mol. The highest BCUT2D eigenvalue weighted by Crippen LogP contribution is 2.60. The maximum Gasteiger partial charge on any atom is 0.434 e. The molecule has 4 fully saturated rings. The maximum absolute atomic E-state index is 13.9. The second-order valence-electron chi connectivity index (χ2n) is 10.9. The first-order chi connectivity index (χ1) is 15.8. The Kier molecular flexibility index (Phi) is 6.18. The van der Waals surface area contributed by atoms with E-state index >= 15 is 0 Å². The highest BCUT2D eigenvalue weighted by molar-refractivity contribution is 5.95. The summed E-state index contributed by atoms with van der Waals surface area (Å²) in [5, 5.41) is 6.60. The standard InChI is InChI=1S/C23H30F4N4O3/c1-21(2,11-24)3-4-31-18(23(25,26)27)16(10-29-31)19(32)30-17-14-5-13-6-15(17)9-22(7-13,8-14)12-34-20(28)33/h3-4,10,13-15,17H,5-9,11-12H2,1-2H3,(H2,28,33)(H,30,32). The number of halogens is 4. The van der Waals surface area contributed by atoms with Gasteiger partial charge < -0.3 is 15.8 Å². The molecule has 4 bridgehead atoms. The van der Waals surface area contributed by atoms with E-state index in [1.54, 1.807) is 13.8 Å². The van der Waals surface area contributed by atoms with Crippen LogP contribution in [0.4, 0.5) is 22.4 Å². The molecule has 2 atom stereocenters. The van der Waals surface area contributed by atoms with Crippen LogP contribution in [-0.2, 0) is 10.9 Å². The minimum absolute atomic E-state index is 0.0984. The topological polar surface area (TPSA) is 99.2 Å². The first kappa shape index (κ1) is 24.5. The Balaban J connectivity index is 1.53. The number of nitrogens with one attached hydrogen (secondary N) is 1. The smallest absolute Gasteiger partial charge is 0.434 e. The molecule has 34 heavy (non-hydrogen) atoms. The van der Waals surface area contributed by atoms with E-state index in [0.717, 1.165) is 44.5 Å². The van der Waals surface area contributed by atoms with E-state index in [2.05, 4.69) is 10.4 Å². The molecule has 0 radical (unpaired) electrons. The van der Waals surface area contributed by atoms with Crippen molar-refractivity contribution in [1.82, 2.24) is 15.1 Å². The van der Waals surface area contributed by atoms with Gasteiger partial charge in [0.05, 0.1) is 25.0 Å². The summed E-state index contributed by atoms with van der Waals surface area (Å²) in [5.74, 6) is -0.182. The van der Waals surface area contributed by atoms with Crippen LogP contribution >= 0.6 is 0 Å². The third-order valence-electron chi connectivity index (χ3n) is 7.54. The van der Waals surface area contributed by atoms with E-state index in [-0.39, 0.29) is 29.9 Å². The zero-order chi connectivity index (χ0) is 24.9. The van der Waals surface area contributed by atoms with Gasteiger partial charge >= 0.3 is 12.3 Å². The van der Waals surface area contributed by atoms with Crippen LogP contribution in [0.25, 0.3) is 6.20 Å². The van der Waals surface area contributed by atoms with Gasteiger partial charge in [0.1, 0.15) is 0 Å². The van der Waals surface area contributed by atoms with Gasteiger partial charge in [0.15, 0.2) is 5.69 Å². The van der Waals surface area contributed by atoms with Crippen molar-refractivity contribution in [3.63, 3.8) is 0 Å². The van der Waals surface area contributed by atoms with Gasteiger partial charge in [-0.25, -0.2) is 9.48 Å². The molecule has 7 nitrogen and oxygen atoms in total. The lowest BCUT2D eigenvalue weighted by atomic mass is 9.48. The molecule has 4 saturated carbocycles. The summed E-state index contributed by atoms with van der Waals surface area (Å²) in [6.45, 7) is 2.57. The van der Waals surface area contributed by atoms with E-state index in [4.69, 9.17) is 10.5 Å². The number of carbonyl (C=O) groups is 2. The highest BCUT2D eigenvalue weighted by atomic mass is 19.4. The van der Waals surface area contributed by atoms with Crippen LogP contribution in [0.5, 0.6) is 0 Å². The predicted molar refractivity (Wildman–Crippen MR) is 115 cm³/mol. The van der Waals surface area contributed by atoms with Crippen molar-refractivity contribution in [3.05, 3.63) is 23.5 Å². The van der Waals surface area contributed by atoms with Gasteiger partial charge in [-0.2, -0.15) is 18.3 Å². The Morgan fingerprint density at radius 1 is 1.26 bits per heavy atom. The Hall–Kier alpha value is -2.59. The number of primary amides is 1. The van der Waals surface area contributed by atoms with Gasteiger partial charge in [-0.3, -0.25) is 9.18 Å². The lowest BCUT2D eigenvalue weighted by molar-refractivity contribution is -0.142. The van der Waals surface area contributed by atoms with Crippen LogP contribution in [0.3, 0.4) is 0 Å². The number of carbonyl (C=O) groups excluding carboxylic acids is 2. The lowest BCUT2D eigenvalue weighted by Gasteiger charge is -2.59. The third kappa shape index (κ3) is 4.79. The van der Waals surface area contributed by atoms with Crippen molar-refractivity contribution < 1.29 is 31.9 Å². The summed E-state index contributed by atoms with van der Waals surface area (Å²) < 4.78 is 60.4. The second-order valence-corrected chi connectivity index (χ2v) is 10.9. The van der Waals surface area contributed by atoms with Gasteiger partial charge in [-0.15, -0.1) is 0 Å². The van der Waals surface area contributed by atoms with Crippen molar-refractivity contribution in [2.24, 2.45) is 34.3 Å². The van der Waals surface area contributed by atoms with Crippen LogP contribution in [0.1, 0.15) is 62.0 Å². The normalized spacial score (nSPS) is 30.6. The van der Waals surface area contributed by atoms with Crippen LogP contribution in [0.15, 0.2) is 12.3 Å². The first-order valence-corrected chi connectivity index (χ1v) is 11.5. The lowest BCUT2D eigenvalue weighted by Crippen LogP contribution is -2.60. The molecule has 1 heterocycles. The molecule has 1 aromatic heterocycles. The monoisotopic (exact) mass is 486 g/mol. The van der Waals surface area contributed by atoms with E-state index in [1.807, 2.05) is 0 Å². The van der Waals surface area contributed by atoms with E-state index in [0.29, 0.717) is 10.6 Å². The number of hydrogen-bond acceptors (Lipinski definition) is 4. The number of amides is 2. The molecule has 11 heteroatoms. The number of rotatable bonds is 7. The molecular formula is C23H30F4N4O3. The fourth-order valence-corrected chi connectivity index (χ4v) is 6.30. The SMILES string of the molecule is CC(C)(C=Cn1ncc(C(=O)NC2C3CC4CC2CC(COC(N)=O)(C4)C3)c1C(F)(F)F)CF. The van der Waals surface area contributed by atoms with Crippen molar-refractivity contribution >= 4 is 18.2 Å². The highest BCUT2D eigenvalue weighted by Gasteiger charge is 2.56. The van der Waals surface area contributed by atoms with Crippen molar-refractivity contribution in [2.45, 2.75) is 58.2 Å². The Morgan fingerprint density at radius 2 is 1.91 bits per heavy atom. The molecule has 2 amide bonds. The molecule has 0 saturated heterocycles. The van der Waals surface area contributed by atoms with Crippen LogP contribution in [-0.4, -0.2) is 41.1 Å². The van der Waals surface area contributed by atoms with Gasteiger partial charge in [-0.05, 0) is 49.9 Å². The molecule has 0 spiro atoms. The summed E-state index contributed by atoms with van der Waals surface area (Å²) in [7, 11) is 0. The fraction of sp³-hybridized carbons (Fsp3) is 0.696. The molecule has 2 unspecified atom stereocenters. The molecule has 0 aliphatic heterocycles. The largest absolute Gasteiger partial charge is 0.449 e. The van der Waals surface area contributed by atoms with E-state index in [1.165, 1.54) is 6.08 Å². The minimum Gasteiger partial charge on any atom is -0.449 e. The fourth-order valence-electron chi connectivity index (χ4n) is 6.30. The quantitative estimate of drug-likeness (QED) is 0.559. The van der Waals surface area contributed by atoms with Crippen LogP contribution < -0.4 is 11.1 Å². The second kappa shape index (κ2) is 8.57. The average Bonchev–Trinajstić information content (AvgIpc) is 3.18. The van der Waals surface area contributed by atoms with Gasteiger partial charge in [0.2, 0.25) is 0 Å². The molecule has 3 N–H and O–H groups in total. The number of allylic oxidation sites excluding steroid dienone is 1. The number of ether oxygens (including phenoxy) is 1. The first-order valence-electron chi connectivity index (χ1n) is 11.5.